The van der Waals surface area contributed by atoms with Crippen LogP contribution in [0.4, 0.5) is 4.39 Å². The second-order valence-corrected chi connectivity index (χ2v) is 2.94. The van der Waals surface area contributed by atoms with Gasteiger partial charge in [0, 0.05) is 0 Å². The van der Waals surface area contributed by atoms with Gasteiger partial charge >= 0.3 is 40.3 Å². The fraction of sp³-hybridized carbons (Fsp3) is 1.00. The van der Waals surface area contributed by atoms with Crippen LogP contribution >= 0.6 is 0 Å². The van der Waals surface area contributed by atoms with Gasteiger partial charge in [-0.15, -0.1) is 0 Å². The molecule has 0 heterocycles. The normalized spacial score (nSPS) is 11.7. The van der Waals surface area contributed by atoms with E-state index in [9.17, 15) is 12.1 Å². The summed E-state index contributed by atoms with van der Waals surface area (Å²) in [5.74, 6) is 0. The SMILES string of the molecule is O=[Se](=O)(O)OCF. The molecule has 0 aromatic rings. The average Bonchev–Trinajstić information content (AvgIpc) is 1.30. The van der Waals surface area contributed by atoms with Crippen LogP contribution in [0.3, 0.4) is 0 Å². The molecule has 0 aliphatic heterocycles. The molecule has 0 amide bonds. The first-order valence-corrected chi connectivity index (χ1v) is 4.10. The monoisotopic (exact) mass is 178 g/mol. The van der Waals surface area contributed by atoms with E-state index in [0.717, 1.165) is 0 Å². The molecule has 6 heteroatoms. The van der Waals surface area contributed by atoms with Crippen molar-refractivity contribution < 1.29 is 20.1 Å². The Bertz CT molecular complexity index is 125. The summed E-state index contributed by atoms with van der Waals surface area (Å²) >= 11 is -5.18. The minimum absolute atomic E-state index is 1.50. The fourth-order valence-electron chi connectivity index (χ4n) is 0.0563. The van der Waals surface area contributed by atoms with Crippen molar-refractivity contribution in [2.45, 2.75) is 0 Å². The van der Waals surface area contributed by atoms with Crippen LogP contribution in [-0.2, 0) is 11.5 Å². The van der Waals surface area contributed by atoms with E-state index in [1.165, 1.54) is 0 Å². The summed E-state index contributed by atoms with van der Waals surface area (Å²) in [4.78, 5) is 0. The van der Waals surface area contributed by atoms with Gasteiger partial charge in [-0.05, 0) is 0 Å². The third-order valence-electron chi connectivity index (χ3n) is 0.193. The molecule has 0 unspecified atom stereocenters. The summed E-state index contributed by atoms with van der Waals surface area (Å²) in [6.45, 7) is -1.50. The van der Waals surface area contributed by atoms with E-state index in [1.807, 2.05) is 0 Å². The van der Waals surface area contributed by atoms with Crippen molar-refractivity contribution in [3.8, 4) is 0 Å². The van der Waals surface area contributed by atoms with Gasteiger partial charge < -0.3 is 0 Å². The molecule has 44 valence electrons. The van der Waals surface area contributed by atoms with E-state index < -0.39 is 20.2 Å². The first-order valence-electron chi connectivity index (χ1n) is 1.24. The van der Waals surface area contributed by atoms with Gasteiger partial charge in [-0.2, -0.15) is 0 Å². The van der Waals surface area contributed by atoms with Crippen molar-refractivity contribution in [1.82, 2.24) is 0 Å². The summed E-state index contributed by atoms with van der Waals surface area (Å²) < 4.78 is 40.3. The number of hydrogen-bond donors (Lipinski definition) is 1. The van der Waals surface area contributed by atoms with E-state index in [0.29, 0.717) is 0 Å². The summed E-state index contributed by atoms with van der Waals surface area (Å²) in [6.07, 6.45) is 0. The van der Waals surface area contributed by atoms with Crippen LogP contribution in [0.1, 0.15) is 0 Å². The molecule has 0 saturated carbocycles. The molecule has 0 aromatic heterocycles. The van der Waals surface area contributed by atoms with E-state index in [2.05, 4.69) is 3.82 Å². The van der Waals surface area contributed by atoms with E-state index in [4.69, 9.17) is 4.19 Å². The molecule has 0 bridgehead atoms. The standard InChI is InChI=1S/CH3FO4Se/c2-1-6-7(3,4)5/h1H2,(H,3,4,5). The number of alkyl halides is 1. The van der Waals surface area contributed by atoms with Crippen molar-refractivity contribution in [2.24, 2.45) is 0 Å². The van der Waals surface area contributed by atoms with Crippen LogP contribution in [0.5, 0.6) is 0 Å². The van der Waals surface area contributed by atoms with Crippen LogP contribution < -0.4 is 0 Å². The second-order valence-electron chi connectivity index (χ2n) is 0.655. The molecule has 4 nitrogen and oxygen atoms in total. The van der Waals surface area contributed by atoms with Gasteiger partial charge in [0.05, 0.1) is 0 Å². The number of hydrogen-bond acceptors (Lipinski definition) is 3. The summed E-state index contributed by atoms with van der Waals surface area (Å²) in [7, 11) is 0. The van der Waals surface area contributed by atoms with Crippen molar-refractivity contribution in [2.75, 3.05) is 6.86 Å². The summed E-state index contributed by atoms with van der Waals surface area (Å²) in [6, 6.07) is 0. The molecule has 7 heavy (non-hydrogen) atoms. The van der Waals surface area contributed by atoms with Crippen molar-refractivity contribution in [3.63, 3.8) is 0 Å². The predicted molar refractivity (Wildman–Crippen MR) is 16.4 cm³/mol. The summed E-state index contributed by atoms with van der Waals surface area (Å²) in [5.41, 5.74) is 0. The van der Waals surface area contributed by atoms with Crippen LogP contribution in [0.2, 0.25) is 0 Å². The quantitative estimate of drug-likeness (QED) is 0.562. The zero-order valence-corrected chi connectivity index (χ0v) is 4.88. The Labute approximate surface area is 41.2 Å². The van der Waals surface area contributed by atoms with Gasteiger partial charge in [0.1, 0.15) is 0 Å². The van der Waals surface area contributed by atoms with E-state index >= 15 is 0 Å². The second kappa shape index (κ2) is 2.32. The zero-order valence-electron chi connectivity index (χ0n) is 3.17. The van der Waals surface area contributed by atoms with Crippen LogP contribution in [-0.4, -0.2) is 24.4 Å². The Morgan fingerprint density at radius 3 is 2.14 bits per heavy atom. The van der Waals surface area contributed by atoms with Crippen molar-refractivity contribution in [1.29, 1.82) is 0 Å². The Kier molecular flexibility index (Phi) is 2.31. The molecule has 0 saturated heterocycles. The number of halogens is 1. The van der Waals surface area contributed by atoms with Crippen molar-refractivity contribution in [3.05, 3.63) is 0 Å². The first kappa shape index (κ1) is 6.97. The minimum atomic E-state index is -5.18. The first-order chi connectivity index (χ1) is 3.06. The van der Waals surface area contributed by atoms with Gasteiger partial charge in [0.15, 0.2) is 0 Å². The molecule has 0 radical (unpaired) electrons. The van der Waals surface area contributed by atoms with Crippen LogP contribution in [0, 0.1) is 0 Å². The van der Waals surface area contributed by atoms with Gasteiger partial charge in [-0.3, -0.25) is 0 Å². The van der Waals surface area contributed by atoms with Crippen molar-refractivity contribution >= 4 is 13.4 Å². The fourth-order valence-corrected chi connectivity index (χ4v) is 0.292. The molecule has 0 fully saturated rings. The van der Waals surface area contributed by atoms with E-state index in [1.54, 1.807) is 0 Å². The summed E-state index contributed by atoms with van der Waals surface area (Å²) in [5, 5.41) is 0. The topological polar surface area (TPSA) is 63.6 Å². The molecular formula is CH3FO4Se. The van der Waals surface area contributed by atoms with Gasteiger partial charge in [-0.1, -0.05) is 0 Å². The Morgan fingerprint density at radius 1 is 1.71 bits per heavy atom. The van der Waals surface area contributed by atoms with E-state index in [-0.39, 0.29) is 0 Å². The molecule has 1 N–H and O–H groups in total. The Balaban J connectivity index is 3.60. The molecule has 0 aliphatic carbocycles. The van der Waals surface area contributed by atoms with Crippen LogP contribution in [0.25, 0.3) is 0 Å². The number of rotatable bonds is 2. The average molecular weight is 177 g/mol. The zero-order chi connectivity index (χ0) is 5.91. The Morgan fingerprint density at radius 2 is 2.14 bits per heavy atom. The predicted octanol–water partition coefficient (Wildman–Crippen LogP) is -0.781. The van der Waals surface area contributed by atoms with Gasteiger partial charge in [0.25, 0.3) is 0 Å². The molecular weight excluding hydrogens is 174 g/mol. The molecule has 0 aliphatic rings. The maximum absolute atomic E-state index is 10.7. The molecule has 0 aromatic carbocycles. The van der Waals surface area contributed by atoms with Gasteiger partial charge in [0.2, 0.25) is 0 Å². The van der Waals surface area contributed by atoms with Crippen LogP contribution in [0.15, 0.2) is 0 Å². The third-order valence-corrected chi connectivity index (χ3v) is 1.01. The molecule has 0 spiro atoms. The van der Waals surface area contributed by atoms with Gasteiger partial charge in [-0.25, -0.2) is 0 Å². The molecule has 0 atom stereocenters. The maximum atomic E-state index is 10.7. The Hall–Kier alpha value is -0.0305. The third kappa shape index (κ3) is 5.97. The molecule has 0 rings (SSSR count).